The van der Waals surface area contributed by atoms with E-state index in [0.717, 1.165) is 11.1 Å². The van der Waals surface area contributed by atoms with Crippen LogP contribution < -0.4 is 0 Å². The number of aliphatic hydroxyl groups is 2. The summed E-state index contributed by atoms with van der Waals surface area (Å²) in [7, 11) is 0. The molecule has 0 atom stereocenters. The summed E-state index contributed by atoms with van der Waals surface area (Å²) in [5.41, 5.74) is 0.354. The number of aliphatic hydroxyl groups excluding tert-OH is 1. The van der Waals surface area contributed by atoms with Crippen LogP contribution in [0.4, 0.5) is 0 Å². The molecule has 0 spiro atoms. The molecule has 0 saturated heterocycles. The number of benzene rings is 2. The quantitative estimate of drug-likeness (QED) is 0.806. The minimum Gasteiger partial charge on any atom is -0.392 e. The average molecular weight is 240 g/mol. The lowest BCUT2D eigenvalue weighted by molar-refractivity contribution is 0.133. The van der Waals surface area contributed by atoms with Crippen LogP contribution in [0.1, 0.15) is 11.1 Å². The van der Waals surface area contributed by atoms with Crippen LogP contribution in [-0.4, -0.2) is 16.8 Å². The molecule has 0 aliphatic carbocycles. The average Bonchev–Trinajstić information content (AvgIpc) is 2.46. The van der Waals surface area contributed by atoms with E-state index >= 15 is 0 Å². The SMILES string of the molecule is OC/C=C/C(O)(c1ccccc1)c1ccccc1. The van der Waals surface area contributed by atoms with Gasteiger partial charge in [0.15, 0.2) is 0 Å². The van der Waals surface area contributed by atoms with Crippen molar-refractivity contribution < 1.29 is 10.2 Å². The Kier molecular flexibility index (Phi) is 3.92. The fourth-order valence-electron chi connectivity index (χ4n) is 1.97. The lowest BCUT2D eigenvalue weighted by Crippen LogP contribution is -2.24. The Labute approximate surface area is 107 Å². The van der Waals surface area contributed by atoms with Crippen LogP contribution >= 0.6 is 0 Å². The molecule has 0 aromatic heterocycles. The van der Waals surface area contributed by atoms with Crippen molar-refractivity contribution in [3.8, 4) is 0 Å². The molecule has 0 aliphatic rings. The van der Waals surface area contributed by atoms with Crippen LogP contribution in [-0.2, 0) is 5.60 Å². The van der Waals surface area contributed by atoms with Crippen molar-refractivity contribution in [2.24, 2.45) is 0 Å². The van der Waals surface area contributed by atoms with E-state index in [0.29, 0.717) is 0 Å². The van der Waals surface area contributed by atoms with Gasteiger partial charge in [0.05, 0.1) is 6.61 Å². The molecule has 0 saturated carbocycles. The van der Waals surface area contributed by atoms with Crippen molar-refractivity contribution in [2.75, 3.05) is 6.61 Å². The highest BCUT2D eigenvalue weighted by molar-refractivity contribution is 5.40. The normalized spacial score (nSPS) is 11.9. The van der Waals surface area contributed by atoms with Gasteiger partial charge >= 0.3 is 0 Å². The third-order valence-electron chi connectivity index (χ3n) is 2.89. The van der Waals surface area contributed by atoms with Crippen LogP contribution in [0.5, 0.6) is 0 Å². The molecule has 2 rings (SSSR count). The third kappa shape index (κ3) is 2.50. The molecule has 0 aliphatic heterocycles. The number of rotatable bonds is 4. The van der Waals surface area contributed by atoms with Crippen molar-refractivity contribution in [1.29, 1.82) is 0 Å². The van der Waals surface area contributed by atoms with Crippen LogP contribution in [0.15, 0.2) is 72.8 Å². The second-order valence-electron chi connectivity index (χ2n) is 4.08. The second kappa shape index (κ2) is 5.63. The summed E-state index contributed by atoms with van der Waals surface area (Å²) in [6.07, 6.45) is 3.18. The van der Waals surface area contributed by atoms with Gasteiger partial charge in [-0.05, 0) is 17.2 Å². The molecule has 2 heteroatoms. The smallest absolute Gasteiger partial charge is 0.133 e. The first-order valence-corrected chi connectivity index (χ1v) is 5.89. The van der Waals surface area contributed by atoms with Crippen molar-refractivity contribution in [1.82, 2.24) is 0 Å². The highest BCUT2D eigenvalue weighted by Crippen LogP contribution is 2.30. The van der Waals surface area contributed by atoms with Gasteiger partial charge in [-0.3, -0.25) is 0 Å². The Morgan fingerprint density at radius 3 is 1.67 bits per heavy atom. The largest absolute Gasteiger partial charge is 0.392 e. The van der Waals surface area contributed by atoms with E-state index in [1.165, 1.54) is 0 Å². The molecule has 0 fully saturated rings. The minimum atomic E-state index is -1.20. The Bertz CT molecular complexity index is 464. The van der Waals surface area contributed by atoms with Gasteiger partial charge in [-0.25, -0.2) is 0 Å². The van der Waals surface area contributed by atoms with E-state index < -0.39 is 5.60 Å². The van der Waals surface area contributed by atoms with E-state index in [-0.39, 0.29) is 6.61 Å². The van der Waals surface area contributed by atoms with E-state index in [1.54, 1.807) is 12.2 Å². The minimum absolute atomic E-state index is 0.0953. The Balaban J connectivity index is 2.51. The van der Waals surface area contributed by atoms with E-state index in [2.05, 4.69) is 0 Å². The Hall–Kier alpha value is -1.90. The molecular weight excluding hydrogens is 224 g/mol. The maximum Gasteiger partial charge on any atom is 0.133 e. The predicted molar refractivity (Wildman–Crippen MR) is 72.1 cm³/mol. The van der Waals surface area contributed by atoms with Crippen molar-refractivity contribution in [3.05, 3.63) is 83.9 Å². The maximum absolute atomic E-state index is 10.9. The molecule has 0 amide bonds. The standard InChI is InChI=1S/C16H16O2/c17-13-7-12-16(18,14-8-3-1-4-9-14)15-10-5-2-6-11-15/h1-12,17-18H,13H2/b12-7+. The molecule has 0 radical (unpaired) electrons. The van der Waals surface area contributed by atoms with Gasteiger partial charge in [-0.1, -0.05) is 66.7 Å². The van der Waals surface area contributed by atoms with Gasteiger partial charge in [0.25, 0.3) is 0 Å². The zero-order valence-corrected chi connectivity index (χ0v) is 10.0. The maximum atomic E-state index is 10.9. The van der Waals surface area contributed by atoms with Crippen LogP contribution in [0, 0.1) is 0 Å². The molecule has 92 valence electrons. The first kappa shape index (κ1) is 12.6. The summed E-state index contributed by atoms with van der Waals surface area (Å²) in [6.45, 7) is -0.0953. The summed E-state index contributed by atoms with van der Waals surface area (Å²) >= 11 is 0. The molecule has 2 aromatic carbocycles. The Morgan fingerprint density at radius 1 is 0.833 bits per heavy atom. The molecule has 0 unspecified atom stereocenters. The van der Waals surface area contributed by atoms with Crippen molar-refractivity contribution >= 4 is 0 Å². The first-order valence-electron chi connectivity index (χ1n) is 5.89. The summed E-state index contributed by atoms with van der Waals surface area (Å²) in [4.78, 5) is 0. The van der Waals surface area contributed by atoms with Gasteiger partial charge in [-0.15, -0.1) is 0 Å². The fourth-order valence-corrected chi connectivity index (χ4v) is 1.97. The summed E-state index contributed by atoms with van der Waals surface area (Å²) in [5.74, 6) is 0. The summed E-state index contributed by atoms with van der Waals surface area (Å²) < 4.78 is 0. The van der Waals surface area contributed by atoms with Gasteiger partial charge in [0.2, 0.25) is 0 Å². The van der Waals surface area contributed by atoms with Crippen LogP contribution in [0.2, 0.25) is 0 Å². The van der Waals surface area contributed by atoms with Crippen LogP contribution in [0.3, 0.4) is 0 Å². The topological polar surface area (TPSA) is 40.5 Å². The predicted octanol–water partition coefficient (Wildman–Crippen LogP) is 2.47. The van der Waals surface area contributed by atoms with Crippen LogP contribution in [0.25, 0.3) is 0 Å². The molecule has 2 nitrogen and oxygen atoms in total. The molecule has 2 N–H and O–H groups in total. The fraction of sp³-hybridized carbons (Fsp3) is 0.125. The third-order valence-corrected chi connectivity index (χ3v) is 2.89. The lowest BCUT2D eigenvalue weighted by Gasteiger charge is -2.26. The first-order chi connectivity index (χ1) is 8.77. The molecule has 2 aromatic rings. The van der Waals surface area contributed by atoms with E-state index in [9.17, 15) is 5.11 Å². The number of hydrogen-bond acceptors (Lipinski definition) is 2. The monoisotopic (exact) mass is 240 g/mol. The highest BCUT2D eigenvalue weighted by atomic mass is 16.3. The lowest BCUT2D eigenvalue weighted by atomic mass is 9.86. The number of hydrogen-bond donors (Lipinski definition) is 2. The molecule has 0 bridgehead atoms. The van der Waals surface area contributed by atoms with E-state index in [4.69, 9.17) is 5.11 Å². The Morgan fingerprint density at radius 2 is 1.28 bits per heavy atom. The summed E-state index contributed by atoms with van der Waals surface area (Å²) in [6, 6.07) is 18.8. The zero-order chi connectivity index (χ0) is 12.8. The van der Waals surface area contributed by atoms with Gasteiger partial charge in [0.1, 0.15) is 5.60 Å². The van der Waals surface area contributed by atoms with Gasteiger partial charge in [-0.2, -0.15) is 0 Å². The zero-order valence-electron chi connectivity index (χ0n) is 10.0. The highest BCUT2D eigenvalue weighted by Gasteiger charge is 2.27. The van der Waals surface area contributed by atoms with Crippen molar-refractivity contribution in [2.45, 2.75) is 5.60 Å². The van der Waals surface area contributed by atoms with Crippen molar-refractivity contribution in [3.63, 3.8) is 0 Å². The molecule has 0 heterocycles. The van der Waals surface area contributed by atoms with Gasteiger partial charge < -0.3 is 10.2 Å². The summed E-state index contributed by atoms with van der Waals surface area (Å²) in [5, 5.41) is 19.8. The van der Waals surface area contributed by atoms with E-state index in [1.807, 2.05) is 60.7 Å². The van der Waals surface area contributed by atoms with Gasteiger partial charge in [0, 0.05) is 0 Å². The molecular formula is C16H16O2. The molecule has 18 heavy (non-hydrogen) atoms. The second-order valence-corrected chi connectivity index (χ2v) is 4.08.